The molecule has 0 nitrogen and oxygen atoms in total. The van der Waals surface area contributed by atoms with Gasteiger partial charge < -0.3 is 0 Å². The van der Waals surface area contributed by atoms with Crippen LogP contribution in [0.1, 0.15) is 6.42 Å². The summed E-state index contributed by atoms with van der Waals surface area (Å²) in [5.41, 5.74) is 0. The molecule has 1 aliphatic heterocycles. The summed E-state index contributed by atoms with van der Waals surface area (Å²) in [5, 5.41) is 0.725. The average molecular weight is 196 g/mol. The molecule has 0 saturated carbocycles. The van der Waals surface area contributed by atoms with Crippen LogP contribution in [0.4, 0.5) is 0 Å². The van der Waals surface area contributed by atoms with Gasteiger partial charge in [-0.3, -0.25) is 0 Å². The van der Waals surface area contributed by atoms with Crippen molar-refractivity contribution in [3.63, 3.8) is 0 Å². The fourth-order valence-electron chi connectivity index (χ4n) is 0.775. The van der Waals surface area contributed by atoms with Crippen molar-refractivity contribution < 1.29 is 0 Å². The largest absolute Gasteiger partial charge is 0.161 e. The van der Waals surface area contributed by atoms with Gasteiger partial charge in [-0.2, -0.15) is 11.8 Å². The minimum Gasteiger partial charge on any atom is -0.161 e. The Labute approximate surface area is 72.4 Å². The van der Waals surface area contributed by atoms with Crippen LogP contribution in [-0.2, 0) is 20.6 Å². The molecule has 1 fully saturated rings. The Bertz CT molecular complexity index is 125. The van der Waals surface area contributed by atoms with Crippen LogP contribution >= 0.6 is 24.0 Å². The quantitative estimate of drug-likeness (QED) is 0.615. The van der Waals surface area contributed by atoms with Gasteiger partial charge in [-0.1, -0.05) is 21.7 Å². The maximum absolute atomic E-state index is 5.15. The van der Waals surface area contributed by atoms with Gasteiger partial charge in [-0.05, 0) is 23.4 Å². The van der Waals surface area contributed by atoms with Crippen LogP contribution in [0.25, 0.3) is 0 Å². The third-order valence-electron chi connectivity index (χ3n) is 1.31. The van der Waals surface area contributed by atoms with Crippen molar-refractivity contribution >= 4 is 49.3 Å². The second-order valence-corrected chi connectivity index (χ2v) is 6.31. The number of hydrogen-bond acceptors (Lipinski definition) is 3. The molecule has 0 spiro atoms. The monoisotopic (exact) mass is 196 g/mol. The van der Waals surface area contributed by atoms with Crippen molar-refractivity contribution in [1.82, 2.24) is 0 Å². The van der Waals surface area contributed by atoms with Gasteiger partial charge in [-0.15, -0.1) is 0 Å². The van der Waals surface area contributed by atoms with Gasteiger partial charge in [0.2, 0.25) is 0 Å². The van der Waals surface area contributed by atoms with E-state index in [1.807, 2.05) is 11.8 Å². The molecule has 0 amide bonds. The van der Waals surface area contributed by atoms with E-state index in [4.69, 9.17) is 23.4 Å². The van der Waals surface area contributed by atoms with Crippen molar-refractivity contribution in [3.8, 4) is 0 Å². The van der Waals surface area contributed by atoms with E-state index in [-0.39, 0.29) is 9.45 Å². The lowest BCUT2D eigenvalue weighted by atomic mass is 10.4. The zero-order valence-electron chi connectivity index (χ0n) is 4.91. The lowest BCUT2D eigenvalue weighted by molar-refractivity contribution is 0.973. The van der Waals surface area contributed by atoms with Crippen LogP contribution in [0.2, 0.25) is 0 Å². The lowest BCUT2D eigenvalue weighted by Crippen LogP contribution is -2.12. The molecule has 0 aliphatic carbocycles. The Morgan fingerprint density at radius 1 is 1.67 bits per heavy atom. The van der Waals surface area contributed by atoms with Gasteiger partial charge in [0.05, 0.1) is 0 Å². The Balaban J connectivity index is 2.41. The van der Waals surface area contributed by atoms with Crippen molar-refractivity contribution in [2.75, 3.05) is 11.5 Å². The van der Waals surface area contributed by atoms with Gasteiger partial charge in [-0.25, -0.2) is 0 Å². The van der Waals surface area contributed by atoms with Crippen molar-refractivity contribution in [3.05, 3.63) is 0 Å². The first-order valence-electron chi connectivity index (χ1n) is 2.77. The average Bonchev–Trinajstić information content (AvgIpc) is 2.37. The summed E-state index contributed by atoms with van der Waals surface area (Å²) in [4.78, 5) is 0. The summed E-state index contributed by atoms with van der Waals surface area (Å²) in [6.07, 6.45) is 1.28. The molecule has 1 rings (SSSR count). The second-order valence-electron chi connectivity index (χ2n) is 1.91. The van der Waals surface area contributed by atoms with E-state index < -0.39 is 0 Å². The van der Waals surface area contributed by atoms with E-state index in [1.165, 1.54) is 17.9 Å². The summed E-state index contributed by atoms with van der Waals surface area (Å²) >= 11 is 11.9. The van der Waals surface area contributed by atoms with Crippen LogP contribution in [0.15, 0.2) is 0 Å². The van der Waals surface area contributed by atoms with Gasteiger partial charge in [0.1, 0.15) is 0 Å². The van der Waals surface area contributed by atoms with Crippen LogP contribution in [0.5, 0.6) is 0 Å². The molecule has 1 unspecified atom stereocenters. The van der Waals surface area contributed by atoms with Gasteiger partial charge >= 0.3 is 0 Å². The summed E-state index contributed by atoms with van der Waals surface area (Å²) < 4.78 is 1.76. The molecule has 1 aliphatic rings. The molecule has 4 heteroatoms. The van der Waals surface area contributed by atoms with Gasteiger partial charge in [0.15, 0.2) is 0 Å². The third-order valence-corrected chi connectivity index (χ3v) is 6.03. The maximum Gasteiger partial charge on any atom is 0.0390 e. The van der Waals surface area contributed by atoms with Crippen LogP contribution in [-0.4, -0.2) is 21.5 Å². The lowest BCUT2D eigenvalue weighted by Gasteiger charge is -2.03. The molecule has 0 radical (unpaired) electrons. The Morgan fingerprint density at radius 2 is 2.44 bits per heavy atom. The van der Waals surface area contributed by atoms with Crippen molar-refractivity contribution in [2.45, 2.75) is 11.7 Å². The predicted molar refractivity (Wildman–Crippen MR) is 54.1 cm³/mol. The number of hydrogen-bond donors (Lipinski definition) is 0. The topological polar surface area (TPSA) is 0 Å². The van der Waals surface area contributed by atoms with E-state index >= 15 is 0 Å². The van der Waals surface area contributed by atoms with E-state index in [0.717, 1.165) is 5.25 Å². The highest BCUT2D eigenvalue weighted by atomic mass is 32.8. The molecule has 0 aromatic heterocycles. The Morgan fingerprint density at radius 3 is 2.89 bits per heavy atom. The molecule has 0 aromatic carbocycles. The Hall–Kier alpha value is 1.01. The van der Waals surface area contributed by atoms with Gasteiger partial charge in [0, 0.05) is 15.7 Å². The molecule has 0 aromatic rings. The standard InChI is InChI=1S/C5H8S4/c6-4-9(7)5-1-2-8-3-5/h4-5H,1-3H2/t5-,9?/m1/s1. The van der Waals surface area contributed by atoms with Crippen molar-refractivity contribution in [2.24, 2.45) is 0 Å². The number of thioether (sulfide) groups is 1. The first kappa shape index (κ1) is 8.11. The normalized spacial score (nSPS) is 30.0. The fraction of sp³-hybridized carbons (Fsp3) is 0.800. The zero-order valence-corrected chi connectivity index (χ0v) is 8.18. The van der Waals surface area contributed by atoms with Crippen LogP contribution in [0, 0.1) is 0 Å². The molecule has 1 heterocycles. The summed E-state index contributed by atoms with van der Waals surface area (Å²) in [7, 11) is 0. The molecule has 2 atom stereocenters. The van der Waals surface area contributed by atoms with Gasteiger partial charge in [0.25, 0.3) is 0 Å². The molecule has 0 bridgehead atoms. The summed E-state index contributed by atoms with van der Waals surface area (Å²) in [6.45, 7) is 0. The predicted octanol–water partition coefficient (Wildman–Crippen LogP) is 1.53. The molecular weight excluding hydrogens is 188 g/mol. The number of thiocarbonyl (C=S) groups is 1. The first-order valence-corrected chi connectivity index (χ1v) is 6.67. The Kier molecular flexibility index (Phi) is 3.61. The SMILES string of the molecule is S=CS(=S)[C@@H]1CCSC1. The van der Waals surface area contributed by atoms with E-state index in [9.17, 15) is 0 Å². The highest BCUT2D eigenvalue weighted by Crippen LogP contribution is 2.21. The summed E-state index contributed by atoms with van der Waals surface area (Å²) in [5.74, 6) is 2.52. The van der Waals surface area contributed by atoms with Crippen LogP contribution in [0.3, 0.4) is 0 Å². The van der Waals surface area contributed by atoms with Crippen molar-refractivity contribution in [1.29, 1.82) is 0 Å². The first-order chi connectivity index (χ1) is 4.34. The fourth-order valence-corrected chi connectivity index (χ4v) is 4.56. The highest BCUT2D eigenvalue weighted by Gasteiger charge is 2.16. The number of rotatable bonds is 2. The van der Waals surface area contributed by atoms with E-state index in [1.54, 1.807) is 4.70 Å². The molecule has 0 N–H and O–H groups in total. The van der Waals surface area contributed by atoms with E-state index in [2.05, 4.69) is 0 Å². The minimum absolute atomic E-state index is 0. The van der Waals surface area contributed by atoms with E-state index in [0.29, 0.717) is 0 Å². The zero-order chi connectivity index (χ0) is 6.69. The summed E-state index contributed by atoms with van der Waals surface area (Å²) in [6, 6.07) is 0. The smallest absolute Gasteiger partial charge is 0.0390 e. The molecule has 1 saturated heterocycles. The molecule has 9 heavy (non-hydrogen) atoms. The molecular formula is C5H8S4. The van der Waals surface area contributed by atoms with Crippen LogP contribution < -0.4 is 0 Å². The molecule has 52 valence electrons. The maximum atomic E-state index is 5.15. The minimum atomic E-state index is 0. The third kappa shape index (κ3) is 2.26. The second kappa shape index (κ2) is 4.01. The highest BCUT2D eigenvalue weighted by molar-refractivity contribution is 8.40.